The van der Waals surface area contributed by atoms with Gasteiger partial charge in [-0.3, -0.25) is 0 Å². The molecule has 0 N–H and O–H groups in total. The van der Waals surface area contributed by atoms with Gasteiger partial charge in [-0.15, -0.1) is 11.3 Å². The molecule has 0 unspecified atom stereocenters. The van der Waals surface area contributed by atoms with Crippen LogP contribution < -0.4 is 0 Å². The predicted molar refractivity (Wildman–Crippen MR) is 64.5 cm³/mol. The quantitative estimate of drug-likeness (QED) is 0.642. The Balaban J connectivity index is 2.72. The number of hydrogen-bond donors (Lipinski definition) is 0. The summed E-state index contributed by atoms with van der Waals surface area (Å²) in [5.74, 6) is 0. The third-order valence-corrected chi connectivity index (χ3v) is 3.98. The van der Waals surface area contributed by atoms with Crippen molar-refractivity contribution in [3.05, 3.63) is 33.1 Å². The van der Waals surface area contributed by atoms with E-state index in [0.717, 1.165) is 30.3 Å². The number of halogens is 3. The van der Waals surface area contributed by atoms with Crippen molar-refractivity contribution in [3.63, 3.8) is 0 Å². The van der Waals surface area contributed by atoms with Crippen LogP contribution in [0, 0.1) is 0 Å². The van der Waals surface area contributed by atoms with Crippen molar-refractivity contribution in [3.8, 4) is 0 Å². The van der Waals surface area contributed by atoms with Gasteiger partial charge in [0.1, 0.15) is 0 Å². The van der Waals surface area contributed by atoms with E-state index in [2.05, 4.69) is 22.0 Å². The maximum absolute atomic E-state index is 6.05. The summed E-state index contributed by atoms with van der Waals surface area (Å²) in [5, 5.41) is 2.73. The van der Waals surface area contributed by atoms with E-state index in [4.69, 9.17) is 23.2 Å². The number of alkyl halides is 1. The van der Waals surface area contributed by atoms with Crippen molar-refractivity contribution in [2.75, 3.05) is 0 Å². The number of thiophene rings is 1. The Labute approximate surface area is 98.6 Å². The van der Waals surface area contributed by atoms with E-state index in [1.807, 2.05) is 12.1 Å². The SMILES string of the molecule is Clc1cc2cc(CBr)c(Cl)cc2s1. The molecule has 0 atom stereocenters. The predicted octanol–water partition coefficient (Wildman–Crippen LogP) is 5.10. The summed E-state index contributed by atoms with van der Waals surface area (Å²) >= 11 is 16.9. The zero-order valence-corrected chi connectivity index (χ0v) is 10.4. The Morgan fingerprint density at radius 2 is 2.00 bits per heavy atom. The molecule has 68 valence electrons. The molecule has 2 aromatic rings. The molecule has 2 rings (SSSR count). The first-order valence-electron chi connectivity index (χ1n) is 3.64. The summed E-state index contributed by atoms with van der Waals surface area (Å²) in [5.41, 5.74) is 1.10. The Hall–Kier alpha value is 0.240. The molecule has 1 aromatic carbocycles. The van der Waals surface area contributed by atoms with E-state index in [9.17, 15) is 0 Å². The van der Waals surface area contributed by atoms with Crippen LogP contribution in [-0.2, 0) is 5.33 Å². The maximum atomic E-state index is 6.05. The molecule has 0 bridgehead atoms. The lowest BCUT2D eigenvalue weighted by Gasteiger charge is -1.98. The fraction of sp³-hybridized carbons (Fsp3) is 0.111. The topological polar surface area (TPSA) is 0 Å². The van der Waals surface area contributed by atoms with Gasteiger partial charge in [-0.1, -0.05) is 39.1 Å². The summed E-state index contributed by atoms with van der Waals surface area (Å²) in [7, 11) is 0. The Morgan fingerprint density at radius 3 is 2.69 bits per heavy atom. The average Bonchev–Trinajstić information content (AvgIpc) is 2.42. The van der Waals surface area contributed by atoms with Crippen LogP contribution in [0.2, 0.25) is 9.36 Å². The van der Waals surface area contributed by atoms with Crippen LogP contribution in [0.5, 0.6) is 0 Å². The van der Waals surface area contributed by atoms with Gasteiger partial charge in [0.05, 0.1) is 4.34 Å². The van der Waals surface area contributed by atoms with Crippen LogP contribution in [0.3, 0.4) is 0 Å². The zero-order valence-electron chi connectivity index (χ0n) is 6.48. The Bertz CT molecular complexity index is 450. The molecule has 0 saturated heterocycles. The Morgan fingerprint density at radius 1 is 1.23 bits per heavy atom. The summed E-state index contributed by atoms with van der Waals surface area (Å²) in [6.45, 7) is 0. The van der Waals surface area contributed by atoms with Crippen molar-refractivity contribution in [1.82, 2.24) is 0 Å². The molecule has 0 radical (unpaired) electrons. The highest BCUT2D eigenvalue weighted by molar-refractivity contribution is 9.08. The van der Waals surface area contributed by atoms with Crippen molar-refractivity contribution in [2.24, 2.45) is 0 Å². The molecule has 1 aromatic heterocycles. The Kier molecular flexibility index (Phi) is 2.84. The lowest BCUT2D eigenvalue weighted by Crippen LogP contribution is -1.77. The normalized spacial score (nSPS) is 11.0. The fourth-order valence-electron chi connectivity index (χ4n) is 1.18. The first-order valence-corrected chi connectivity index (χ1v) is 6.33. The molecule has 0 aliphatic heterocycles. The lowest BCUT2D eigenvalue weighted by molar-refractivity contribution is 1.47. The third kappa shape index (κ3) is 1.86. The van der Waals surface area contributed by atoms with Crippen LogP contribution in [0.15, 0.2) is 18.2 Å². The minimum Gasteiger partial charge on any atom is -0.123 e. The maximum Gasteiger partial charge on any atom is 0.0940 e. The average molecular weight is 296 g/mol. The molecular formula is C9H5BrCl2S. The molecule has 0 nitrogen and oxygen atoms in total. The summed E-state index contributed by atoms with van der Waals surface area (Å²) in [6, 6.07) is 5.99. The van der Waals surface area contributed by atoms with Gasteiger partial charge in [-0.25, -0.2) is 0 Å². The van der Waals surface area contributed by atoms with Gasteiger partial charge in [0.25, 0.3) is 0 Å². The third-order valence-electron chi connectivity index (χ3n) is 1.80. The van der Waals surface area contributed by atoms with Gasteiger partial charge >= 0.3 is 0 Å². The van der Waals surface area contributed by atoms with Gasteiger partial charge in [0.2, 0.25) is 0 Å². The van der Waals surface area contributed by atoms with Crippen molar-refractivity contribution >= 4 is 60.6 Å². The van der Waals surface area contributed by atoms with Crippen LogP contribution in [0.4, 0.5) is 0 Å². The number of fused-ring (bicyclic) bond motifs is 1. The van der Waals surface area contributed by atoms with E-state index in [1.165, 1.54) is 0 Å². The highest BCUT2D eigenvalue weighted by Crippen LogP contribution is 2.33. The van der Waals surface area contributed by atoms with E-state index in [1.54, 1.807) is 11.3 Å². The molecule has 1 heterocycles. The molecule has 0 amide bonds. The standard InChI is InChI=1S/C9H5BrCl2S/c10-4-6-1-5-2-9(12)13-8(5)3-7(6)11/h1-3H,4H2. The summed E-state index contributed by atoms with van der Waals surface area (Å²) < 4.78 is 1.94. The van der Waals surface area contributed by atoms with Crippen molar-refractivity contribution in [1.29, 1.82) is 0 Å². The second-order valence-corrected chi connectivity index (χ2v) is 5.35. The van der Waals surface area contributed by atoms with Gasteiger partial charge in [0, 0.05) is 15.1 Å². The first kappa shape index (κ1) is 9.78. The molecule has 0 spiro atoms. The molecule has 0 aliphatic rings. The van der Waals surface area contributed by atoms with E-state index >= 15 is 0 Å². The van der Waals surface area contributed by atoms with E-state index in [0.29, 0.717) is 0 Å². The molecular weight excluding hydrogens is 291 g/mol. The molecule has 0 saturated carbocycles. The highest BCUT2D eigenvalue weighted by atomic mass is 79.9. The first-order chi connectivity index (χ1) is 6.20. The fourth-order valence-corrected chi connectivity index (χ4v) is 3.28. The van der Waals surface area contributed by atoms with Crippen molar-refractivity contribution in [2.45, 2.75) is 5.33 Å². The van der Waals surface area contributed by atoms with Crippen molar-refractivity contribution < 1.29 is 0 Å². The molecule has 0 fully saturated rings. The molecule has 13 heavy (non-hydrogen) atoms. The van der Waals surface area contributed by atoms with E-state index < -0.39 is 0 Å². The van der Waals surface area contributed by atoms with Crippen LogP contribution in [0.1, 0.15) is 5.56 Å². The second kappa shape index (κ2) is 3.77. The van der Waals surface area contributed by atoms with Crippen LogP contribution >= 0.6 is 50.5 Å². The number of benzene rings is 1. The molecule has 0 aliphatic carbocycles. The minimum atomic E-state index is 0.773. The van der Waals surface area contributed by atoms with Gasteiger partial charge in [-0.2, -0.15) is 0 Å². The second-order valence-electron chi connectivity index (χ2n) is 2.67. The summed E-state index contributed by atoms with van der Waals surface area (Å²) in [4.78, 5) is 0. The largest absolute Gasteiger partial charge is 0.123 e. The van der Waals surface area contributed by atoms with E-state index in [-0.39, 0.29) is 0 Å². The number of rotatable bonds is 1. The molecule has 4 heteroatoms. The lowest BCUT2D eigenvalue weighted by atomic mass is 10.2. The van der Waals surface area contributed by atoms with Gasteiger partial charge in [0.15, 0.2) is 0 Å². The minimum absolute atomic E-state index is 0.773. The monoisotopic (exact) mass is 294 g/mol. The summed E-state index contributed by atoms with van der Waals surface area (Å²) in [6.07, 6.45) is 0. The number of hydrogen-bond acceptors (Lipinski definition) is 1. The zero-order chi connectivity index (χ0) is 9.42. The smallest absolute Gasteiger partial charge is 0.0940 e. The highest BCUT2D eigenvalue weighted by Gasteiger charge is 2.04. The van der Waals surface area contributed by atoms with Crippen LogP contribution in [-0.4, -0.2) is 0 Å². The van der Waals surface area contributed by atoms with Gasteiger partial charge < -0.3 is 0 Å². The van der Waals surface area contributed by atoms with Crippen LogP contribution in [0.25, 0.3) is 10.1 Å². The van der Waals surface area contributed by atoms with Gasteiger partial charge in [-0.05, 0) is 29.1 Å².